The van der Waals surface area contributed by atoms with Gasteiger partial charge in [0.2, 0.25) is 5.91 Å². The van der Waals surface area contributed by atoms with Gasteiger partial charge in [-0.05, 0) is 32.8 Å². The number of amides is 1. The quantitative estimate of drug-likeness (QED) is 0.593. The second-order valence-electron chi connectivity index (χ2n) is 6.54. The number of piperazine rings is 1. The Bertz CT molecular complexity index is 549. The number of thioether (sulfide) groups is 1. The average Bonchev–Trinajstić information content (AvgIpc) is 3.05. The fraction of sp³-hybridized carbons (Fsp3) is 0.706. The molecule has 3 rings (SSSR count). The predicted molar refractivity (Wildman–Crippen MR) is 94.2 cm³/mol. The maximum atomic E-state index is 12.4. The smallest absolute Gasteiger partial charge is 0.233 e. The van der Waals surface area contributed by atoms with Gasteiger partial charge < -0.3 is 9.64 Å². The van der Waals surface area contributed by atoms with Crippen LogP contribution in [0.25, 0.3) is 0 Å². The number of hydrogen-bond acceptors (Lipinski definition) is 6. The molecule has 0 unspecified atom stereocenters. The van der Waals surface area contributed by atoms with Crippen molar-refractivity contribution < 1.29 is 9.53 Å². The number of rotatable bonds is 5. The van der Waals surface area contributed by atoms with E-state index in [-0.39, 0.29) is 5.91 Å². The molecule has 1 atom stereocenters. The highest BCUT2D eigenvalue weighted by molar-refractivity contribution is 7.99. The molecule has 7 heteroatoms. The minimum atomic E-state index is 0.180. The van der Waals surface area contributed by atoms with Gasteiger partial charge in [0, 0.05) is 50.7 Å². The summed E-state index contributed by atoms with van der Waals surface area (Å²) in [5, 5.41) is 0.692. The van der Waals surface area contributed by atoms with E-state index >= 15 is 0 Å². The Morgan fingerprint density at radius 3 is 2.58 bits per heavy atom. The maximum Gasteiger partial charge on any atom is 0.233 e. The van der Waals surface area contributed by atoms with Gasteiger partial charge in [0.15, 0.2) is 5.16 Å². The molecule has 2 fully saturated rings. The highest BCUT2D eigenvalue weighted by Crippen LogP contribution is 2.17. The van der Waals surface area contributed by atoms with Gasteiger partial charge >= 0.3 is 0 Å². The molecule has 24 heavy (non-hydrogen) atoms. The van der Waals surface area contributed by atoms with E-state index in [0.717, 1.165) is 50.7 Å². The number of hydrogen-bond donors (Lipinski definition) is 0. The molecule has 1 aromatic heterocycles. The summed E-state index contributed by atoms with van der Waals surface area (Å²) < 4.78 is 5.70. The molecule has 1 aromatic rings. The lowest BCUT2D eigenvalue weighted by Gasteiger charge is -2.35. The third-order valence-electron chi connectivity index (χ3n) is 4.50. The van der Waals surface area contributed by atoms with E-state index in [0.29, 0.717) is 17.0 Å². The zero-order valence-corrected chi connectivity index (χ0v) is 15.3. The van der Waals surface area contributed by atoms with Crippen LogP contribution < -0.4 is 0 Å². The van der Waals surface area contributed by atoms with Gasteiger partial charge in [0.05, 0.1) is 11.9 Å². The zero-order chi connectivity index (χ0) is 16.9. The fourth-order valence-corrected chi connectivity index (χ4v) is 4.08. The molecule has 6 nitrogen and oxygen atoms in total. The molecule has 2 saturated heterocycles. The Kier molecular flexibility index (Phi) is 6.08. The number of nitrogens with zero attached hydrogens (tertiary/aromatic N) is 4. The summed E-state index contributed by atoms with van der Waals surface area (Å²) in [6.07, 6.45) is 2.75. The van der Waals surface area contributed by atoms with Crippen LogP contribution in [-0.4, -0.2) is 76.9 Å². The second kappa shape index (κ2) is 8.27. The lowest BCUT2D eigenvalue weighted by Crippen LogP contribution is -2.50. The van der Waals surface area contributed by atoms with Crippen LogP contribution in [0.5, 0.6) is 0 Å². The van der Waals surface area contributed by atoms with E-state index in [9.17, 15) is 4.79 Å². The number of aromatic nitrogens is 2. The molecule has 0 radical (unpaired) electrons. The lowest BCUT2D eigenvalue weighted by atomic mass is 10.2. The van der Waals surface area contributed by atoms with Crippen LogP contribution in [-0.2, 0) is 9.53 Å². The van der Waals surface area contributed by atoms with Gasteiger partial charge in [-0.25, -0.2) is 9.97 Å². The Hall–Kier alpha value is -1.18. The summed E-state index contributed by atoms with van der Waals surface area (Å²) >= 11 is 1.43. The summed E-state index contributed by atoms with van der Waals surface area (Å²) in [4.78, 5) is 25.5. The maximum absolute atomic E-state index is 12.4. The van der Waals surface area contributed by atoms with Crippen molar-refractivity contribution in [2.75, 3.05) is 45.1 Å². The van der Waals surface area contributed by atoms with Crippen LogP contribution in [0.2, 0.25) is 0 Å². The topological polar surface area (TPSA) is 58.6 Å². The SMILES string of the molecule is Cc1cc(C)nc(SCC(=O)N2CCN(C[C@H]3CCCO3)CC2)n1. The summed E-state index contributed by atoms with van der Waals surface area (Å²) in [6.45, 7) is 9.31. The van der Waals surface area contributed by atoms with Crippen molar-refractivity contribution in [3.8, 4) is 0 Å². The summed E-state index contributed by atoms with van der Waals surface area (Å²) in [7, 11) is 0. The van der Waals surface area contributed by atoms with Crippen LogP contribution >= 0.6 is 11.8 Å². The third-order valence-corrected chi connectivity index (χ3v) is 5.33. The molecule has 0 aliphatic carbocycles. The van der Waals surface area contributed by atoms with Gasteiger partial charge in [-0.3, -0.25) is 9.69 Å². The van der Waals surface area contributed by atoms with E-state index in [1.807, 2.05) is 24.8 Å². The van der Waals surface area contributed by atoms with Crippen molar-refractivity contribution in [2.24, 2.45) is 0 Å². The molecular formula is C17H26N4O2S. The number of ether oxygens (including phenoxy) is 1. The monoisotopic (exact) mass is 350 g/mol. The normalized spacial score (nSPS) is 22.1. The molecule has 0 saturated carbocycles. The molecule has 0 aromatic carbocycles. The lowest BCUT2D eigenvalue weighted by molar-refractivity contribution is -0.130. The van der Waals surface area contributed by atoms with Crippen molar-refractivity contribution in [2.45, 2.75) is 37.9 Å². The average molecular weight is 350 g/mol. The van der Waals surface area contributed by atoms with Crippen molar-refractivity contribution in [1.82, 2.24) is 19.8 Å². The van der Waals surface area contributed by atoms with Crippen LogP contribution in [0.15, 0.2) is 11.2 Å². The van der Waals surface area contributed by atoms with Crippen molar-refractivity contribution in [3.63, 3.8) is 0 Å². The summed E-state index contributed by atoms with van der Waals surface area (Å²) in [6, 6.07) is 1.94. The van der Waals surface area contributed by atoms with Crippen molar-refractivity contribution in [3.05, 3.63) is 17.5 Å². The third kappa shape index (κ3) is 4.91. The molecule has 3 heterocycles. The summed E-state index contributed by atoms with van der Waals surface area (Å²) in [5.74, 6) is 0.591. The van der Waals surface area contributed by atoms with E-state index in [1.165, 1.54) is 24.6 Å². The Morgan fingerprint density at radius 2 is 1.96 bits per heavy atom. The van der Waals surface area contributed by atoms with Gasteiger partial charge in [-0.2, -0.15) is 0 Å². The molecule has 0 N–H and O–H groups in total. The van der Waals surface area contributed by atoms with Crippen LogP contribution in [0.1, 0.15) is 24.2 Å². The van der Waals surface area contributed by atoms with Gasteiger partial charge in [-0.15, -0.1) is 0 Å². The zero-order valence-electron chi connectivity index (χ0n) is 14.5. The molecule has 1 amide bonds. The molecule has 2 aliphatic heterocycles. The van der Waals surface area contributed by atoms with Crippen LogP contribution in [0.3, 0.4) is 0 Å². The standard InChI is InChI=1S/C17H26N4O2S/c1-13-10-14(2)19-17(18-13)24-12-16(22)21-7-5-20(6-8-21)11-15-4-3-9-23-15/h10,15H,3-9,11-12H2,1-2H3/t15-/m1/s1. The number of aryl methyl sites for hydroxylation is 2. The minimum absolute atomic E-state index is 0.180. The van der Waals surface area contributed by atoms with E-state index < -0.39 is 0 Å². The number of carbonyl (C=O) groups is 1. The van der Waals surface area contributed by atoms with Crippen LogP contribution in [0, 0.1) is 13.8 Å². The van der Waals surface area contributed by atoms with Gasteiger partial charge in [-0.1, -0.05) is 11.8 Å². The first-order valence-corrected chi connectivity index (χ1v) is 9.65. The second-order valence-corrected chi connectivity index (χ2v) is 7.48. The van der Waals surface area contributed by atoms with E-state index in [2.05, 4.69) is 14.9 Å². The summed E-state index contributed by atoms with van der Waals surface area (Å²) in [5.41, 5.74) is 1.89. The largest absolute Gasteiger partial charge is 0.377 e. The molecule has 0 bridgehead atoms. The van der Waals surface area contributed by atoms with Gasteiger partial charge in [0.25, 0.3) is 0 Å². The van der Waals surface area contributed by atoms with Crippen LogP contribution in [0.4, 0.5) is 0 Å². The number of carbonyl (C=O) groups excluding carboxylic acids is 1. The first-order chi connectivity index (χ1) is 11.6. The first kappa shape index (κ1) is 17.6. The van der Waals surface area contributed by atoms with Crippen molar-refractivity contribution in [1.29, 1.82) is 0 Å². The Balaban J connectivity index is 1.41. The molecule has 132 valence electrons. The highest BCUT2D eigenvalue weighted by atomic mass is 32.2. The molecular weight excluding hydrogens is 324 g/mol. The van der Waals surface area contributed by atoms with E-state index in [4.69, 9.17) is 4.74 Å². The first-order valence-electron chi connectivity index (χ1n) is 8.67. The van der Waals surface area contributed by atoms with Crippen molar-refractivity contribution >= 4 is 17.7 Å². The van der Waals surface area contributed by atoms with Gasteiger partial charge in [0.1, 0.15) is 0 Å². The predicted octanol–water partition coefficient (Wildman–Crippen LogP) is 1.51. The van der Waals surface area contributed by atoms with E-state index in [1.54, 1.807) is 0 Å². The minimum Gasteiger partial charge on any atom is -0.377 e. The Labute approximate surface area is 148 Å². The fourth-order valence-electron chi connectivity index (χ4n) is 3.23. The Morgan fingerprint density at radius 1 is 1.25 bits per heavy atom. The highest BCUT2D eigenvalue weighted by Gasteiger charge is 2.24. The molecule has 0 spiro atoms. The molecule has 2 aliphatic rings.